The molecule has 0 aliphatic carbocycles. The van der Waals surface area contributed by atoms with E-state index in [1.54, 1.807) is 0 Å². The minimum absolute atomic E-state index is 0.0375. The van der Waals surface area contributed by atoms with Crippen molar-refractivity contribution in [2.45, 2.75) is 58.2 Å². The third kappa shape index (κ3) is 8.31. The van der Waals surface area contributed by atoms with Crippen LogP contribution in [-0.2, 0) is 13.3 Å². The van der Waals surface area contributed by atoms with Crippen LogP contribution < -0.4 is 17.2 Å². The first-order valence-corrected chi connectivity index (χ1v) is 9.58. The van der Waals surface area contributed by atoms with Crippen molar-refractivity contribution in [3.8, 4) is 0 Å². The molecule has 2 atom stereocenters. The molecule has 0 aromatic rings. The molecule has 6 nitrogen and oxygen atoms in total. The highest BCUT2D eigenvalue weighted by molar-refractivity contribution is 6.60. The minimum atomic E-state index is -2.66. The van der Waals surface area contributed by atoms with Crippen LogP contribution in [0.2, 0.25) is 6.04 Å². The second-order valence-corrected chi connectivity index (χ2v) is 7.61. The van der Waals surface area contributed by atoms with E-state index in [9.17, 15) is 0 Å². The summed E-state index contributed by atoms with van der Waals surface area (Å²) in [6.45, 7) is 8.27. The normalized spacial score (nSPS) is 15.3. The lowest BCUT2D eigenvalue weighted by Gasteiger charge is -2.32. The van der Waals surface area contributed by atoms with Crippen LogP contribution in [0.1, 0.15) is 40.0 Å². The summed E-state index contributed by atoms with van der Waals surface area (Å²) in [7, 11) is -2.66. The first kappa shape index (κ1) is 20.0. The fourth-order valence-electron chi connectivity index (χ4n) is 2.07. The van der Waals surface area contributed by atoms with Gasteiger partial charge in [-0.15, -0.1) is 0 Å². The molecule has 2 unspecified atom stereocenters. The zero-order valence-corrected chi connectivity index (χ0v) is 14.3. The van der Waals surface area contributed by atoms with Crippen molar-refractivity contribution in [1.82, 2.24) is 0 Å². The van der Waals surface area contributed by atoms with E-state index in [4.69, 9.17) is 30.5 Å². The molecule has 0 aliphatic rings. The molecule has 0 heterocycles. The quantitative estimate of drug-likeness (QED) is 0.435. The van der Waals surface area contributed by atoms with Crippen molar-refractivity contribution in [3.05, 3.63) is 0 Å². The minimum Gasteiger partial charge on any atom is -0.374 e. The Labute approximate surface area is 124 Å². The van der Waals surface area contributed by atoms with E-state index in [2.05, 4.69) is 0 Å². The van der Waals surface area contributed by atoms with Gasteiger partial charge in [0, 0.05) is 31.4 Å². The lowest BCUT2D eigenvalue weighted by atomic mass is 10.2. The number of nitrogens with two attached hydrogens (primary N) is 3. The van der Waals surface area contributed by atoms with E-state index in [1.807, 2.05) is 20.8 Å². The molecule has 0 aliphatic heterocycles. The van der Waals surface area contributed by atoms with Crippen LogP contribution in [0.5, 0.6) is 0 Å². The number of hydrogen-bond acceptors (Lipinski definition) is 6. The molecule has 0 aromatic carbocycles. The van der Waals surface area contributed by atoms with Gasteiger partial charge < -0.3 is 30.5 Å². The van der Waals surface area contributed by atoms with Crippen LogP contribution >= 0.6 is 0 Å². The predicted molar refractivity (Wildman–Crippen MR) is 84.3 cm³/mol. The molecule has 0 saturated carbocycles. The van der Waals surface area contributed by atoms with Gasteiger partial charge in [-0.1, -0.05) is 0 Å². The fraction of sp³-hybridized carbons (Fsp3) is 1.00. The average molecular weight is 308 g/mol. The van der Waals surface area contributed by atoms with Crippen molar-refractivity contribution in [2.75, 3.05) is 26.3 Å². The molecule has 0 aromatic heterocycles. The summed E-state index contributed by atoms with van der Waals surface area (Å²) in [5, 5.41) is 0. The number of hydrogen-bond donors (Lipinski definition) is 3. The summed E-state index contributed by atoms with van der Waals surface area (Å²) in [6.07, 6.45) is 2.44. The Morgan fingerprint density at radius 2 is 1.50 bits per heavy atom. The third-order valence-corrected chi connectivity index (χ3v) is 6.16. The van der Waals surface area contributed by atoms with E-state index in [0.717, 1.165) is 25.3 Å². The summed E-state index contributed by atoms with van der Waals surface area (Å²) in [5.41, 5.74) is 17.1. The molecule has 0 fully saturated rings. The molecule has 6 N–H and O–H groups in total. The van der Waals surface area contributed by atoms with Crippen molar-refractivity contribution in [3.63, 3.8) is 0 Å². The monoisotopic (exact) mass is 307 g/mol. The first-order chi connectivity index (χ1) is 9.53. The first-order valence-electron chi connectivity index (χ1n) is 7.65. The van der Waals surface area contributed by atoms with Gasteiger partial charge in [-0.2, -0.15) is 0 Å². The Bertz CT molecular complexity index is 229. The van der Waals surface area contributed by atoms with E-state index >= 15 is 0 Å². The van der Waals surface area contributed by atoms with Crippen molar-refractivity contribution in [1.29, 1.82) is 0 Å². The van der Waals surface area contributed by atoms with E-state index in [1.165, 1.54) is 0 Å². The van der Waals surface area contributed by atoms with Crippen LogP contribution in [0.25, 0.3) is 0 Å². The van der Waals surface area contributed by atoms with Gasteiger partial charge in [-0.05, 0) is 53.1 Å². The van der Waals surface area contributed by atoms with Crippen LogP contribution in [0.3, 0.4) is 0 Å². The molecule has 0 amide bonds. The van der Waals surface area contributed by atoms with Crippen molar-refractivity contribution in [2.24, 2.45) is 17.2 Å². The average Bonchev–Trinajstić information content (AvgIpc) is 2.38. The van der Waals surface area contributed by atoms with Crippen LogP contribution in [0, 0.1) is 0 Å². The molecule has 0 rings (SSSR count). The van der Waals surface area contributed by atoms with Crippen LogP contribution in [0.4, 0.5) is 0 Å². The van der Waals surface area contributed by atoms with Gasteiger partial charge >= 0.3 is 8.80 Å². The van der Waals surface area contributed by atoms with Gasteiger partial charge in [0.15, 0.2) is 0 Å². The smallest absolute Gasteiger partial charge is 0.374 e. The lowest BCUT2D eigenvalue weighted by molar-refractivity contribution is 0.0356. The summed E-state index contributed by atoms with van der Waals surface area (Å²) >= 11 is 0. The Hall–Kier alpha value is -0.0231. The topological polar surface area (TPSA) is 106 Å². The molecule has 0 bridgehead atoms. The SMILES string of the molecule is CCO[Si](CCC(N)CCN)(OCC)OC(C)CCN. The van der Waals surface area contributed by atoms with Gasteiger partial charge in [0.25, 0.3) is 0 Å². The highest BCUT2D eigenvalue weighted by Gasteiger charge is 2.42. The zero-order valence-electron chi connectivity index (χ0n) is 13.3. The van der Waals surface area contributed by atoms with Crippen LogP contribution in [0.15, 0.2) is 0 Å². The molecule has 0 saturated heterocycles. The van der Waals surface area contributed by atoms with Gasteiger partial charge in [-0.3, -0.25) is 0 Å². The molecular formula is C13H33N3O3Si. The van der Waals surface area contributed by atoms with Crippen molar-refractivity contribution >= 4 is 8.80 Å². The van der Waals surface area contributed by atoms with Gasteiger partial charge in [0.1, 0.15) is 0 Å². The lowest BCUT2D eigenvalue weighted by Crippen LogP contribution is -2.49. The highest BCUT2D eigenvalue weighted by Crippen LogP contribution is 2.22. The fourth-order valence-corrected chi connectivity index (χ4v) is 5.03. The Morgan fingerprint density at radius 3 is 1.95 bits per heavy atom. The molecule has 20 heavy (non-hydrogen) atoms. The van der Waals surface area contributed by atoms with E-state index < -0.39 is 8.80 Å². The molecule has 0 spiro atoms. The number of rotatable bonds is 13. The van der Waals surface area contributed by atoms with Gasteiger partial charge in [0.05, 0.1) is 0 Å². The van der Waals surface area contributed by atoms with E-state index in [-0.39, 0.29) is 12.1 Å². The summed E-state index contributed by atoms with van der Waals surface area (Å²) in [5.74, 6) is 0. The second-order valence-electron chi connectivity index (χ2n) is 4.93. The highest BCUT2D eigenvalue weighted by atomic mass is 28.4. The molecule has 7 heteroatoms. The zero-order chi connectivity index (χ0) is 15.4. The maximum absolute atomic E-state index is 6.12. The molecule has 122 valence electrons. The third-order valence-electron chi connectivity index (χ3n) is 3.04. The summed E-state index contributed by atoms with van der Waals surface area (Å²) in [6, 6.07) is 0.797. The van der Waals surface area contributed by atoms with E-state index in [0.29, 0.717) is 26.3 Å². The maximum atomic E-state index is 6.12. The summed E-state index contributed by atoms with van der Waals surface area (Å²) in [4.78, 5) is 0. The Balaban J connectivity index is 4.63. The standard InChI is InChI=1S/C13H33N3O3Si/c1-4-17-20(18-5-2,19-12(3)6-9-14)11-8-13(16)7-10-15/h12-13H,4-11,14-16H2,1-3H3. The molecule has 0 radical (unpaired) electrons. The predicted octanol–water partition coefficient (Wildman–Crippen LogP) is 0.818. The van der Waals surface area contributed by atoms with Crippen LogP contribution in [-0.4, -0.2) is 47.3 Å². The second kappa shape index (κ2) is 11.6. The van der Waals surface area contributed by atoms with Gasteiger partial charge in [0.2, 0.25) is 0 Å². The Morgan fingerprint density at radius 1 is 0.950 bits per heavy atom. The molecular weight excluding hydrogens is 274 g/mol. The van der Waals surface area contributed by atoms with Gasteiger partial charge in [-0.25, -0.2) is 0 Å². The van der Waals surface area contributed by atoms with Crippen molar-refractivity contribution < 1.29 is 13.3 Å². The Kier molecular flexibility index (Phi) is 11.6. The maximum Gasteiger partial charge on any atom is 0.501 e. The summed E-state index contributed by atoms with van der Waals surface area (Å²) < 4.78 is 17.9. The largest absolute Gasteiger partial charge is 0.501 e.